The second-order valence-electron chi connectivity index (χ2n) is 6.15. The lowest BCUT2D eigenvalue weighted by Gasteiger charge is -2.15. The topological polar surface area (TPSA) is 56.1 Å². The van der Waals surface area contributed by atoms with E-state index in [0.717, 1.165) is 5.69 Å². The molecule has 1 amide bonds. The maximum absolute atomic E-state index is 13.6. The SMILES string of the molecule is Cc1c(C(=O)NC(C)COc2ccccc2F)cnn1-c1cccc(Cl)c1. The van der Waals surface area contributed by atoms with E-state index in [-0.39, 0.29) is 24.3 Å². The summed E-state index contributed by atoms with van der Waals surface area (Å²) in [5, 5.41) is 7.70. The van der Waals surface area contributed by atoms with Gasteiger partial charge >= 0.3 is 0 Å². The summed E-state index contributed by atoms with van der Waals surface area (Å²) in [6.07, 6.45) is 1.51. The molecule has 2 aromatic carbocycles. The molecule has 0 saturated heterocycles. The van der Waals surface area contributed by atoms with Crippen LogP contribution < -0.4 is 10.1 Å². The second-order valence-corrected chi connectivity index (χ2v) is 6.59. The first kappa shape index (κ1) is 18.9. The number of benzene rings is 2. The lowest BCUT2D eigenvalue weighted by Crippen LogP contribution is -2.37. The van der Waals surface area contributed by atoms with Crippen molar-refractivity contribution >= 4 is 17.5 Å². The summed E-state index contributed by atoms with van der Waals surface area (Å²) in [6, 6.07) is 13.1. The number of carbonyl (C=O) groups is 1. The quantitative estimate of drug-likeness (QED) is 0.690. The molecule has 7 heteroatoms. The molecule has 1 unspecified atom stereocenters. The standard InChI is InChI=1S/C20H19ClFN3O2/c1-13(12-27-19-9-4-3-8-18(19)22)24-20(26)17-11-23-25(14(17)2)16-7-5-6-15(21)10-16/h3-11,13H,12H2,1-2H3,(H,24,26). The van der Waals surface area contributed by atoms with Crippen molar-refractivity contribution < 1.29 is 13.9 Å². The van der Waals surface area contributed by atoms with Gasteiger partial charge in [0, 0.05) is 5.02 Å². The van der Waals surface area contributed by atoms with Gasteiger partial charge in [0.25, 0.3) is 5.91 Å². The second kappa shape index (κ2) is 8.22. The number of amides is 1. The number of hydrogen-bond acceptors (Lipinski definition) is 3. The van der Waals surface area contributed by atoms with Gasteiger partial charge in [-0.15, -0.1) is 0 Å². The molecule has 5 nitrogen and oxygen atoms in total. The molecule has 1 atom stereocenters. The Bertz CT molecular complexity index is 958. The predicted molar refractivity (Wildman–Crippen MR) is 102 cm³/mol. The third-order valence-electron chi connectivity index (χ3n) is 4.01. The van der Waals surface area contributed by atoms with Gasteiger partial charge in [0.2, 0.25) is 0 Å². The fraction of sp³-hybridized carbons (Fsp3) is 0.200. The van der Waals surface area contributed by atoms with Crippen molar-refractivity contribution in [1.29, 1.82) is 0 Å². The van der Waals surface area contributed by atoms with Gasteiger partial charge in [0.1, 0.15) is 6.61 Å². The summed E-state index contributed by atoms with van der Waals surface area (Å²) < 4.78 is 20.7. The average Bonchev–Trinajstić information content (AvgIpc) is 3.02. The molecule has 0 saturated carbocycles. The summed E-state index contributed by atoms with van der Waals surface area (Å²) in [7, 11) is 0. The lowest BCUT2D eigenvalue weighted by atomic mass is 10.2. The maximum atomic E-state index is 13.6. The molecule has 0 radical (unpaired) electrons. The van der Waals surface area contributed by atoms with Crippen LogP contribution in [-0.4, -0.2) is 28.3 Å². The number of nitrogens with zero attached hydrogens (tertiary/aromatic N) is 2. The van der Waals surface area contributed by atoms with Gasteiger partial charge < -0.3 is 10.1 Å². The Kier molecular flexibility index (Phi) is 5.76. The van der Waals surface area contributed by atoms with Gasteiger partial charge in [-0.3, -0.25) is 4.79 Å². The van der Waals surface area contributed by atoms with Crippen molar-refractivity contribution in [1.82, 2.24) is 15.1 Å². The van der Waals surface area contributed by atoms with Crippen LogP contribution in [0.1, 0.15) is 23.0 Å². The first-order valence-electron chi connectivity index (χ1n) is 8.44. The highest BCUT2D eigenvalue weighted by atomic mass is 35.5. The molecule has 27 heavy (non-hydrogen) atoms. The third-order valence-corrected chi connectivity index (χ3v) is 4.25. The Morgan fingerprint density at radius 1 is 1.30 bits per heavy atom. The smallest absolute Gasteiger partial charge is 0.255 e. The van der Waals surface area contributed by atoms with Crippen molar-refractivity contribution in [2.75, 3.05) is 6.61 Å². The summed E-state index contributed by atoms with van der Waals surface area (Å²) in [5.41, 5.74) is 1.92. The molecule has 0 fully saturated rings. The zero-order chi connectivity index (χ0) is 19.4. The first-order chi connectivity index (χ1) is 13.0. The summed E-state index contributed by atoms with van der Waals surface area (Å²) in [5.74, 6) is -0.552. The molecule has 0 aliphatic rings. The number of para-hydroxylation sites is 1. The minimum atomic E-state index is -0.435. The number of hydrogen-bond donors (Lipinski definition) is 1. The van der Waals surface area contributed by atoms with E-state index in [1.165, 1.54) is 12.3 Å². The molecule has 140 valence electrons. The van der Waals surface area contributed by atoms with Crippen LogP contribution in [0.3, 0.4) is 0 Å². The third kappa shape index (κ3) is 4.46. The number of rotatable bonds is 6. The van der Waals surface area contributed by atoms with Gasteiger partial charge in [-0.1, -0.05) is 29.8 Å². The highest BCUT2D eigenvalue weighted by molar-refractivity contribution is 6.30. The number of carbonyl (C=O) groups excluding carboxylic acids is 1. The first-order valence-corrected chi connectivity index (χ1v) is 8.82. The van der Waals surface area contributed by atoms with E-state index in [4.69, 9.17) is 16.3 Å². The number of halogens is 2. The fourth-order valence-corrected chi connectivity index (χ4v) is 2.81. The van der Waals surface area contributed by atoms with Crippen molar-refractivity contribution in [3.05, 3.63) is 76.8 Å². The summed E-state index contributed by atoms with van der Waals surface area (Å²) in [6.45, 7) is 3.74. The van der Waals surface area contributed by atoms with Crippen LogP contribution in [0, 0.1) is 12.7 Å². The van der Waals surface area contributed by atoms with Crippen molar-refractivity contribution in [2.45, 2.75) is 19.9 Å². The minimum Gasteiger partial charge on any atom is -0.488 e. The van der Waals surface area contributed by atoms with E-state index in [9.17, 15) is 9.18 Å². The molecule has 1 N–H and O–H groups in total. The molecule has 0 spiro atoms. The highest BCUT2D eigenvalue weighted by Gasteiger charge is 2.17. The number of aromatic nitrogens is 2. The van der Waals surface area contributed by atoms with Crippen LogP contribution in [0.2, 0.25) is 5.02 Å². The van der Waals surface area contributed by atoms with Gasteiger partial charge in [-0.2, -0.15) is 5.10 Å². The van der Waals surface area contributed by atoms with Crippen LogP contribution in [0.5, 0.6) is 5.75 Å². The van der Waals surface area contributed by atoms with E-state index in [1.54, 1.807) is 41.9 Å². The zero-order valence-electron chi connectivity index (χ0n) is 14.9. The number of ether oxygens (including phenoxy) is 1. The van der Waals surface area contributed by atoms with E-state index < -0.39 is 5.82 Å². The van der Waals surface area contributed by atoms with Gasteiger partial charge in [0.05, 0.1) is 29.2 Å². The lowest BCUT2D eigenvalue weighted by molar-refractivity contribution is 0.0925. The van der Waals surface area contributed by atoms with E-state index >= 15 is 0 Å². The van der Waals surface area contributed by atoms with Crippen LogP contribution in [0.25, 0.3) is 5.69 Å². The Balaban J connectivity index is 1.65. The molecule has 0 bridgehead atoms. The molecule has 1 aromatic heterocycles. The van der Waals surface area contributed by atoms with Crippen LogP contribution in [0.15, 0.2) is 54.7 Å². The molecular formula is C20H19ClFN3O2. The van der Waals surface area contributed by atoms with Crippen LogP contribution >= 0.6 is 11.6 Å². The van der Waals surface area contributed by atoms with Gasteiger partial charge in [0.15, 0.2) is 11.6 Å². The van der Waals surface area contributed by atoms with Gasteiger partial charge in [-0.05, 0) is 44.2 Å². The van der Waals surface area contributed by atoms with E-state index in [1.807, 2.05) is 19.1 Å². The molecule has 1 heterocycles. The molecular weight excluding hydrogens is 369 g/mol. The Labute approximate surface area is 161 Å². The number of nitrogens with one attached hydrogen (secondary N) is 1. The molecule has 0 aliphatic carbocycles. The zero-order valence-corrected chi connectivity index (χ0v) is 15.7. The van der Waals surface area contributed by atoms with Crippen molar-refractivity contribution in [2.24, 2.45) is 0 Å². The largest absolute Gasteiger partial charge is 0.488 e. The Hall–Kier alpha value is -2.86. The summed E-state index contributed by atoms with van der Waals surface area (Å²) in [4.78, 5) is 12.5. The fourth-order valence-electron chi connectivity index (χ4n) is 2.62. The van der Waals surface area contributed by atoms with Gasteiger partial charge in [-0.25, -0.2) is 9.07 Å². The van der Waals surface area contributed by atoms with Crippen molar-refractivity contribution in [3.63, 3.8) is 0 Å². The molecule has 0 aliphatic heterocycles. The normalized spacial score (nSPS) is 11.9. The summed E-state index contributed by atoms with van der Waals surface area (Å²) >= 11 is 6.02. The van der Waals surface area contributed by atoms with Crippen molar-refractivity contribution in [3.8, 4) is 11.4 Å². The maximum Gasteiger partial charge on any atom is 0.255 e. The van der Waals surface area contributed by atoms with Crippen LogP contribution in [0.4, 0.5) is 4.39 Å². The molecule has 3 rings (SSSR count). The highest BCUT2D eigenvalue weighted by Crippen LogP contribution is 2.18. The predicted octanol–water partition coefficient (Wildman–Crippen LogP) is 4.17. The van der Waals surface area contributed by atoms with E-state index in [2.05, 4.69) is 10.4 Å². The van der Waals surface area contributed by atoms with Crippen LogP contribution in [-0.2, 0) is 0 Å². The average molecular weight is 388 g/mol. The minimum absolute atomic E-state index is 0.147. The Morgan fingerprint density at radius 2 is 2.07 bits per heavy atom. The Morgan fingerprint density at radius 3 is 2.81 bits per heavy atom. The molecule has 3 aromatic rings. The monoisotopic (exact) mass is 387 g/mol. The van der Waals surface area contributed by atoms with E-state index in [0.29, 0.717) is 16.3 Å².